The van der Waals surface area contributed by atoms with Crippen LogP contribution in [0.15, 0.2) is 0 Å². The van der Waals surface area contributed by atoms with E-state index in [1.807, 2.05) is 34.6 Å². The summed E-state index contributed by atoms with van der Waals surface area (Å²) in [5.74, 6) is 12.3. The Balaban J connectivity index is 0.000000138. The lowest BCUT2D eigenvalue weighted by Crippen LogP contribution is -2.60. The molecule has 14 heteroatoms. The number of esters is 4. The minimum Gasteiger partial charge on any atom is -0.465 e. The van der Waals surface area contributed by atoms with Crippen LogP contribution in [0.3, 0.4) is 0 Å². The van der Waals surface area contributed by atoms with Crippen molar-refractivity contribution in [2.24, 2.45) is 158 Å². The van der Waals surface area contributed by atoms with Crippen LogP contribution in [0.5, 0.6) is 0 Å². The molecule has 109 heavy (non-hydrogen) atoms. The monoisotopic (exact) mass is 1510 g/mol. The zero-order valence-corrected chi connectivity index (χ0v) is 71.2. The SMILES string of the molecule is CC1C(=O)N(CCC(=O)OCC23CC4CC(CC(C4)C2)C3)C(=O)C1C.CCC(C)(C)C(=O)OC1(CC)C2CC3CC(C2)CC1C3.CCC(C)C(=O)OC1(CC)C2CC3CC(C2)CC1C3.CCCCCCC(C)C1CCC2C3CCC4CC(OC(=O)C5CCC(N6C(=O)C(C)C(C)C6=O)CC5)CCC4(C)C3CCC12C. The molecule has 19 fully saturated rings. The van der Waals surface area contributed by atoms with E-state index in [-0.39, 0.29) is 130 Å². The number of imide groups is 2. The molecule has 2 saturated heterocycles. The highest BCUT2D eigenvalue weighted by Crippen LogP contribution is 2.70. The van der Waals surface area contributed by atoms with Gasteiger partial charge in [-0.1, -0.05) is 122 Å². The molecule has 0 N–H and O–H groups in total. The van der Waals surface area contributed by atoms with Crippen LogP contribution in [0.2, 0.25) is 0 Å². The fourth-order valence-corrected chi connectivity index (χ4v) is 29.3. The number of carbonyl (C=O) groups excluding carboxylic acids is 8. The third-order valence-electron chi connectivity index (χ3n) is 36.0. The molecule has 0 radical (unpaired) electrons. The number of amides is 4. The number of hydrogen-bond acceptors (Lipinski definition) is 12. The highest BCUT2D eigenvalue weighted by Gasteiger charge is 2.64. The second-order valence-corrected chi connectivity index (χ2v) is 42.5. The van der Waals surface area contributed by atoms with Gasteiger partial charge in [-0.05, 0) is 337 Å². The molecule has 0 aromatic carbocycles. The lowest BCUT2D eigenvalue weighted by molar-refractivity contribution is -0.218. The van der Waals surface area contributed by atoms with Crippen LogP contribution < -0.4 is 0 Å². The molecule has 0 aromatic heterocycles. The first-order chi connectivity index (χ1) is 51.9. The first-order valence-corrected chi connectivity index (χ1v) is 46.4. The van der Waals surface area contributed by atoms with E-state index < -0.39 is 0 Å². The van der Waals surface area contributed by atoms with Crippen molar-refractivity contribution in [3.05, 3.63) is 0 Å². The third kappa shape index (κ3) is 16.2. The predicted octanol–water partition coefficient (Wildman–Crippen LogP) is 20.9. The topological polar surface area (TPSA) is 180 Å². The van der Waals surface area contributed by atoms with Gasteiger partial charge in [-0.2, -0.15) is 0 Å². The van der Waals surface area contributed by atoms with E-state index in [9.17, 15) is 38.4 Å². The van der Waals surface area contributed by atoms with Crippen LogP contribution in [0, 0.1) is 158 Å². The van der Waals surface area contributed by atoms with Crippen LogP contribution in [-0.4, -0.2) is 93.8 Å². The van der Waals surface area contributed by atoms with Gasteiger partial charge in [-0.3, -0.25) is 48.2 Å². The van der Waals surface area contributed by atoms with Gasteiger partial charge >= 0.3 is 23.9 Å². The molecule has 2 heterocycles. The maximum atomic E-state index is 13.4. The minimum atomic E-state index is -0.336. The molecule has 14 atom stereocenters. The average Bonchev–Trinajstić information content (AvgIpc) is 1.71. The van der Waals surface area contributed by atoms with Crippen LogP contribution in [-0.2, 0) is 57.3 Å². The zero-order valence-electron chi connectivity index (χ0n) is 71.2. The fourth-order valence-electron chi connectivity index (χ4n) is 29.3. The summed E-state index contributed by atoms with van der Waals surface area (Å²) in [6.07, 6.45) is 46.7. The van der Waals surface area contributed by atoms with Crippen molar-refractivity contribution in [1.29, 1.82) is 0 Å². The number of nitrogens with zero attached hydrogens (tertiary/aromatic N) is 2. The first-order valence-electron chi connectivity index (χ1n) is 46.4. The Hall–Kier alpha value is -3.84. The third-order valence-corrected chi connectivity index (χ3v) is 36.0. The van der Waals surface area contributed by atoms with E-state index in [0.717, 1.165) is 135 Å². The van der Waals surface area contributed by atoms with E-state index in [1.54, 1.807) is 13.8 Å². The van der Waals surface area contributed by atoms with E-state index in [2.05, 4.69) is 55.4 Å². The summed E-state index contributed by atoms with van der Waals surface area (Å²) < 4.78 is 24.4. The molecule has 19 rings (SSSR count). The summed E-state index contributed by atoms with van der Waals surface area (Å²) in [5, 5.41) is 0. The second kappa shape index (κ2) is 33.4. The van der Waals surface area contributed by atoms with E-state index in [1.165, 1.54) is 190 Å². The summed E-state index contributed by atoms with van der Waals surface area (Å²) in [5.41, 5.74) is 0.596. The lowest BCUT2D eigenvalue weighted by Gasteiger charge is -2.61. The summed E-state index contributed by atoms with van der Waals surface area (Å²) in [6.45, 7) is 32.9. The van der Waals surface area contributed by atoms with Crippen LogP contribution >= 0.6 is 0 Å². The van der Waals surface area contributed by atoms with Gasteiger partial charge in [0.05, 0.1) is 30.3 Å². The highest BCUT2D eigenvalue weighted by molar-refractivity contribution is 6.05. The molecule has 4 amide bonds. The largest absolute Gasteiger partial charge is 0.465 e. The van der Waals surface area contributed by atoms with Gasteiger partial charge in [0.15, 0.2) is 0 Å². The Morgan fingerprint density at radius 1 is 0.523 bits per heavy atom. The molecule has 2 aliphatic heterocycles. The van der Waals surface area contributed by atoms with Crippen molar-refractivity contribution in [2.75, 3.05) is 13.2 Å². The molecule has 17 aliphatic carbocycles. The molecule has 14 unspecified atom stereocenters. The Bertz CT molecular complexity index is 3120. The second-order valence-electron chi connectivity index (χ2n) is 42.5. The standard InChI is InChI=1S/C40H65NO4.C20H29NO4.C18H30O2.C17H28O2/c1-7-8-9-10-11-25(2)33-18-19-34-32-17-14-29-24-31(20-22-39(29,5)35(32)21-23-40(33,34)6)45-38(44)28-12-15-30(16-13-28)41-36(42)26(3)27(4)37(41)43;1-12-13(2)19(24)21(18(12)23)4-3-17(22)25-11-20-8-14-5-15(9-20)7-16(6-14)10-20;1-5-17(3,4)16(19)20-18(6-2)14-8-12-7-13(10-14)11-15(18)9-12;1-4-11(3)16(18)19-17(5-2)14-7-12-6-13(9-14)10-15(17)8-12/h25-35H,7-24H2,1-6H3;12-16H,3-11H2,1-2H3;12-15H,5-11H2,1-4H3;11-15H,4-10H2,1-3H3. The number of unbranched alkanes of at least 4 members (excludes halogenated alkanes) is 3. The predicted molar refractivity (Wildman–Crippen MR) is 426 cm³/mol. The number of rotatable bonds is 22. The van der Waals surface area contributed by atoms with Crippen molar-refractivity contribution in [3.8, 4) is 0 Å². The minimum absolute atomic E-state index is 0.0224. The van der Waals surface area contributed by atoms with Gasteiger partial charge < -0.3 is 18.9 Å². The molecule has 17 saturated carbocycles. The summed E-state index contributed by atoms with van der Waals surface area (Å²) in [7, 11) is 0. The van der Waals surface area contributed by atoms with Crippen molar-refractivity contribution >= 4 is 47.5 Å². The van der Waals surface area contributed by atoms with Gasteiger partial charge in [0, 0.05) is 41.7 Å². The zero-order chi connectivity index (χ0) is 78.0. The van der Waals surface area contributed by atoms with Gasteiger partial charge in [0.2, 0.25) is 23.6 Å². The first kappa shape index (κ1) is 83.1. The van der Waals surface area contributed by atoms with Crippen molar-refractivity contribution < 1.29 is 57.3 Å². The van der Waals surface area contributed by atoms with E-state index in [0.29, 0.717) is 47.0 Å². The van der Waals surface area contributed by atoms with E-state index >= 15 is 0 Å². The number of carbonyl (C=O) groups is 8. The summed E-state index contributed by atoms with van der Waals surface area (Å²) >= 11 is 0. The van der Waals surface area contributed by atoms with Crippen molar-refractivity contribution in [1.82, 2.24) is 9.80 Å². The van der Waals surface area contributed by atoms with Gasteiger partial charge in [-0.25, -0.2) is 0 Å². The molecule has 614 valence electrons. The Kier molecular flexibility index (Phi) is 25.5. The molecule has 12 bridgehead atoms. The van der Waals surface area contributed by atoms with Crippen LogP contribution in [0.25, 0.3) is 0 Å². The molecular formula is C95H152N2O12. The summed E-state index contributed by atoms with van der Waals surface area (Å²) in [4.78, 5) is 103. The average molecular weight is 1510 g/mol. The highest BCUT2D eigenvalue weighted by atomic mass is 16.6. The van der Waals surface area contributed by atoms with Gasteiger partial charge in [0.25, 0.3) is 0 Å². The molecular weight excluding hydrogens is 1360 g/mol. The van der Waals surface area contributed by atoms with Crippen LogP contribution in [0.4, 0.5) is 0 Å². The summed E-state index contributed by atoms with van der Waals surface area (Å²) in [6, 6.07) is -0.0477. The van der Waals surface area contributed by atoms with Gasteiger partial charge in [0.1, 0.15) is 17.3 Å². The smallest absolute Gasteiger partial charge is 0.312 e. The molecule has 19 aliphatic rings. The number of hydrogen-bond donors (Lipinski definition) is 0. The Morgan fingerprint density at radius 2 is 1.02 bits per heavy atom. The Morgan fingerprint density at radius 3 is 1.52 bits per heavy atom. The molecule has 14 nitrogen and oxygen atoms in total. The van der Waals surface area contributed by atoms with E-state index in [4.69, 9.17) is 18.9 Å². The number of fused-ring (bicyclic) bond motifs is 5. The van der Waals surface area contributed by atoms with Crippen LogP contribution in [0.1, 0.15) is 354 Å². The number of ether oxygens (including phenoxy) is 4. The lowest BCUT2D eigenvalue weighted by atomic mass is 9.44. The normalized spacial score (nSPS) is 44.2. The maximum Gasteiger partial charge on any atom is 0.312 e. The maximum absolute atomic E-state index is 13.4. The fraction of sp³-hybridized carbons (Fsp3) is 0.916. The van der Waals surface area contributed by atoms with Crippen molar-refractivity contribution in [3.63, 3.8) is 0 Å². The van der Waals surface area contributed by atoms with Gasteiger partial charge in [-0.15, -0.1) is 0 Å². The molecule has 0 aromatic rings. The quantitative estimate of drug-likeness (QED) is 0.0434. The number of likely N-dealkylation sites (tertiary alicyclic amines) is 2. The Labute approximate surface area is 659 Å². The molecule has 0 spiro atoms. The van der Waals surface area contributed by atoms with Crippen molar-refractivity contribution in [2.45, 2.75) is 378 Å².